The topological polar surface area (TPSA) is 63.9 Å². The van der Waals surface area contributed by atoms with Crippen LogP contribution in [0.2, 0.25) is 0 Å². The predicted octanol–water partition coefficient (Wildman–Crippen LogP) is 4.40. The van der Waals surface area contributed by atoms with Gasteiger partial charge in [0.25, 0.3) is 0 Å². The van der Waals surface area contributed by atoms with Gasteiger partial charge in [0.1, 0.15) is 0 Å². The minimum absolute atomic E-state index is 0.0838. The number of amides is 1. The fraction of sp³-hybridized carbons (Fsp3) is 0.167. The molecule has 0 spiro atoms. The number of hydrogen-bond acceptors (Lipinski definition) is 5. The zero-order valence-electron chi connectivity index (χ0n) is 17.0. The molecule has 0 fully saturated rings. The first-order valence-corrected chi connectivity index (χ1v) is 11.1. The first-order chi connectivity index (χ1) is 15.2. The molecule has 0 N–H and O–H groups in total. The highest BCUT2D eigenvalue weighted by Gasteiger charge is 2.30. The molecule has 1 aliphatic heterocycles. The van der Waals surface area contributed by atoms with E-state index in [4.69, 9.17) is 0 Å². The molecular formula is C24H21N5OS. The van der Waals surface area contributed by atoms with Crippen LogP contribution in [0.4, 0.5) is 5.69 Å². The number of thioether (sulfide) groups is 1. The fourth-order valence-corrected chi connectivity index (χ4v) is 4.76. The second kappa shape index (κ2) is 8.35. The quantitative estimate of drug-likeness (QED) is 0.442. The van der Waals surface area contributed by atoms with E-state index in [-0.39, 0.29) is 11.2 Å². The third-order valence-corrected chi connectivity index (χ3v) is 6.38. The van der Waals surface area contributed by atoms with Gasteiger partial charge in [-0.1, -0.05) is 48.2 Å². The van der Waals surface area contributed by atoms with Crippen LogP contribution in [0, 0.1) is 0 Å². The lowest BCUT2D eigenvalue weighted by Gasteiger charge is -2.21. The minimum atomic E-state index is -0.306. The molecule has 6 nitrogen and oxygen atoms in total. The van der Waals surface area contributed by atoms with Gasteiger partial charge in [-0.3, -0.25) is 14.3 Å². The zero-order chi connectivity index (χ0) is 21.2. The molecule has 4 aromatic rings. The van der Waals surface area contributed by atoms with E-state index in [0.29, 0.717) is 11.0 Å². The summed E-state index contributed by atoms with van der Waals surface area (Å²) in [6, 6.07) is 21.9. The van der Waals surface area contributed by atoms with Gasteiger partial charge in [0.2, 0.25) is 5.91 Å². The van der Waals surface area contributed by atoms with Crippen LogP contribution in [0.1, 0.15) is 12.5 Å². The molecule has 7 heteroatoms. The largest absolute Gasteiger partial charge is 0.311 e. The number of hydrogen-bond donors (Lipinski definition) is 0. The number of benzene rings is 2. The Labute approximate surface area is 185 Å². The van der Waals surface area contributed by atoms with Gasteiger partial charge in [0.15, 0.2) is 11.0 Å². The third kappa shape index (κ3) is 3.72. The zero-order valence-corrected chi connectivity index (χ0v) is 17.9. The number of carbonyl (C=O) groups excluding carboxylic acids is 1. The van der Waals surface area contributed by atoms with Crippen molar-refractivity contribution in [2.45, 2.75) is 23.8 Å². The van der Waals surface area contributed by atoms with Crippen LogP contribution >= 0.6 is 11.8 Å². The molecule has 2 aromatic carbocycles. The van der Waals surface area contributed by atoms with Gasteiger partial charge >= 0.3 is 0 Å². The number of carbonyl (C=O) groups is 1. The van der Waals surface area contributed by atoms with Gasteiger partial charge in [-0.2, -0.15) is 0 Å². The monoisotopic (exact) mass is 427 g/mol. The second-order valence-electron chi connectivity index (χ2n) is 7.35. The van der Waals surface area contributed by atoms with Gasteiger partial charge < -0.3 is 4.90 Å². The van der Waals surface area contributed by atoms with Gasteiger partial charge in [0.05, 0.1) is 5.25 Å². The number of nitrogens with zero attached hydrogens (tertiary/aromatic N) is 5. The van der Waals surface area contributed by atoms with E-state index in [2.05, 4.69) is 21.2 Å². The molecule has 1 amide bonds. The summed E-state index contributed by atoms with van der Waals surface area (Å²) in [4.78, 5) is 19.4. The van der Waals surface area contributed by atoms with Crippen LogP contribution in [0.25, 0.3) is 17.1 Å². The Bertz CT molecular complexity index is 1210. The molecule has 0 unspecified atom stereocenters. The Morgan fingerprint density at radius 1 is 1.00 bits per heavy atom. The third-order valence-electron chi connectivity index (χ3n) is 5.35. The van der Waals surface area contributed by atoms with Gasteiger partial charge in [0, 0.05) is 35.9 Å². The summed E-state index contributed by atoms with van der Waals surface area (Å²) in [6.07, 6.45) is 4.40. The van der Waals surface area contributed by atoms with Crippen molar-refractivity contribution in [1.82, 2.24) is 19.7 Å². The molecule has 2 aromatic heterocycles. The van der Waals surface area contributed by atoms with Gasteiger partial charge in [-0.25, -0.2) is 0 Å². The molecular weight excluding hydrogens is 406 g/mol. The molecule has 1 aliphatic rings. The summed E-state index contributed by atoms with van der Waals surface area (Å²) < 4.78 is 1.99. The average molecular weight is 428 g/mol. The van der Waals surface area contributed by atoms with E-state index >= 15 is 0 Å². The van der Waals surface area contributed by atoms with Crippen LogP contribution in [0.3, 0.4) is 0 Å². The SMILES string of the molecule is C[C@H](Sc1nnc(-c2cccnc2)n1-c1ccccc1)C(=O)N1CCc2ccccc21. The average Bonchev–Trinajstić information content (AvgIpc) is 3.44. The van der Waals surface area contributed by atoms with Crippen LogP contribution in [-0.2, 0) is 11.2 Å². The lowest BCUT2D eigenvalue weighted by molar-refractivity contribution is -0.117. The number of pyridine rings is 1. The first kappa shape index (κ1) is 19.5. The highest BCUT2D eigenvalue weighted by Crippen LogP contribution is 2.33. The van der Waals surface area contributed by atoms with E-state index in [1.807, 2.05) is 77.1 Å². The molecule has 5 rings (SSSR count). The Morgan fingerprint density at radius 3 is 2.61 bits per heavy atom. The van der Waals surface area contributed by atoms with Gasteiger partial charge in [-0.15, -0.1) is 10.2 Å². The van der Waals surface area contributed by atoms with Crippen LogP contribution in [0.5, 0.6) is 0 Å². The van der Waals surface area contributed by atoms with Crippen molar-refractivity contribution < 1.29 is 4.79 Å². The van der Waals surface area contributed by atoms with Crippen molar-refractivity contribution in [3.8, 4) is 17.1 Å². The van der Waals surface area contributed by atoms with E-state index in [0.717, 1.165) is 29.9 Å². The maximum Gasteiger partial charge on any atom is 0.240 e. The molecule has 0 radical (unpaired) electrons. The highest BCUT2D eigenvalue weighted by atomic mass is 32.2. The lowest BCUT2D eigenvalue weighted by Crippen LogP contribution is -2.35. The molecule has 154 valence electrons. The summed E-state index contributed by atoms with van der Waals surface area (Å²) in [5.41, 5.74) is 4.05. The van der Waals surface area contributed by atoms with E-state index in [1.54, 1.807) is 12.4 Å². The maximum absolute atomic E-state index is 13.3. The summed E-state index contributed by atoms with van der Waals surface area (Å²) in [5, 5.41) is 9.25. The van der Waals surface area contributed by atoms with Crippen LogP contribution in [0.15, 0.2) is 84.3 Å². The molecule has 0 saturated carbocycles. The summed E-state index contributed by atoms with van der Waals surface area (Å²) in [7, 11) is 0. The first-order valence-electron chi connectivity index (χ1n) is 10.2. The van der Waals surface area contributed by atoms with Crippen molar-refractivity contribution in [2.24, 2.45) is 0 Å². The van der Waals surface area contributed by atoms with E-state index in [9.17, 15) is 4.79 Å². The molecule has 0 aliphatic carbocycles. The standard InChI is InChI=1S/C24H21N5OS/c1-17(23(30)28-15-13-18-8-5-6-12-21(18)28)31-24-27-26-22(19-9-7-14-25-16-19)29(24)20-10-3-2-4-11-20/h2-12,14,16-17H,13,15H2,1H3/t17-/m0/s1. The Morgan fingerprint density at radius 2 is 1.81 bits per heavy atom. The van der Waals surface area contributed by atoms with Gasteiger partial charge in [-0.05, 0) is 49.2 Å². The molecule has 3 heterocycles. The Balaban J connectivity index is 1.47. The molecule has 0 saturated heterocycles. The molecule has 1 atom stereocenters. The fourth-order valence-electron chi connectivity index (χ4n) is 3.83. The number of aromatic nitrogens is 4. The van der Waals surface area contributed by atoms with E-state index in [1.165, 1.54) is 17.3 Å². The molecule has 0 bridgehead atoms. The van der Waals surface area contributed by atoms with Crippen LogP contribution in [-0.4, -0.2) is 37.5 Å². The molecule has 31 heavy (non-hydrogen) atoms. The van der Waals surface area contributed by atoms with Crippen LogP contribution < -0.4 is 4.90 Å². The van der Waals surface area contributed by atoms with Crippen molar-refractivity contribution in [2.75, 3.05) is 11.4 Å². The summed E-state index contributed by atoms with van der Waals surface area (Å²) >= 11 is 1.43. The number of anilines is 1. The van der Waals surface area contributed by atoms with Crippen molar-refractivity contribution in [3.63, 3.8) is 0 Å². The number of rotatable bonds is 5. The van der Waals surface area contributed by atoms with Crippen molar-refractivity contribution >= 4 is 23.4 Å². The summed E-state index contributed by atoms with van der Waals surface area (Å²) in [5.74, 6) is 0.786. The van der Waals surface area contributed by atoms with Crippen molar-refractivity contribution in [3.05, 3.63) is 84.7 Å². The smallest absolute Gasteiger partial charge is 0.240 e. The maximum atomic E-state index is 13.3. The minimum Gasteiger partial charge on any atom is -0.311 e. The normalized spacial score (nSPS) is 13.8. The Kier molecular flexibility index (Phi) is 5.26. The van der Waals surface area contributed by atoms with Crippen molar-refractivity contribution in [1.29, 1.82) is 0 Å². The summed E-state index contributed by atoms with van der Waals surface area (Å²) in [6.45, 7) is 2.65. The highest BCUT2D eigenvalue weighted by molar-refractivity contribution is 8.00. The lowest BCUT2D eigenvalue weighted by atomic mass is 10.2. The van der Waals surface area contributed by atoms with E-state index < -0.39 is 0 Å². The second-order valence-corrected chi connectivity index (χ2v) is 8.66. The Hall–Kier alpha value is -3.45. The predicted molar refractivity (Wildman–Crippen MR) is 122 cm³/mol. The number of para-hydroxylation sites is 2. The number of fused-ring (bicyclic) bond motifs is 1.